The number of piperazine rings is 1. The number of hydrogen-bond donors (Lipinski definition) is 0. The summed E-state index contributed by atoms with van der Waals surface area (Å²) in [4.78, 5) is 13.7. The molecule has 0 unspecified atom stereocenters. The third-order valence-corrected chi connectivity index (χ3v) is 4.95. The first-order chi connectivity index (χ1) is 11.6. The maximum absolute atomic E-state index is 4.71. The highest BCUT2D eigenvalue weighted by molar-refractivity contribution is 5.87. The van der Waals surface area contributed by atoms with Crippen molar-refractivity contribution in [3.63, 3.8) is 0 Å². The van der Waals surface area contributed by atoms with Gasteiger partial charge >= 0.3 is 0 Å². The summed E-state index contributed by atoms with van der Waals surface area (Å²) in [6.45, 7) is 8.48. The van der Waals surface area contributed by atoms with Gasteiger partial charge in [0.1, 0.15) is 11.6 Å². The van der Waals surface area contributed by atoms with E-state index in [0.29, 0.717) is 0 Å². The predicted molar refractivity (Wildman–Crippen MR) is 100 cm³/mol. The van der Waals surface area contributed by atoms with Gasteiger partial charge in [0.25, 0.3) is 0 Å². The molecule has 1 saturated heterocycles. The first-order valence-electron chi connectivity index (χ1n) is 8.36. The minimum atomic E-state index is 0.949. The van der Waals surface area contributed by atoms with Gasteiger partial charge in [-0.05, 0) is 31.3 Å². The van der Waals surface area contributed by atoms with E-state index in [1.807, 2.05) is 13.2 Å². The molecule has 5 heteroatoms. The molecule has 2 aromatic rings. The standard InChI is InChI=1S/C19H23N5/c1-15-22(3)17-6-4-5-7-18(17)24(15)16-8-9-19(20-14-16)23-12-10-21(2)11-13-23/h4-9,14H,1,10-13H2,2-3H3. The van der Waals surface area contributed by atoms with Gasteiger partial charge in [-0.3, -0.25) is 4.90 Å². The molecule has 0 amide bonds. The SMILES string of the molecule is C=C1N(C)c2ccccc2N1c1ccc(N2CCN(C)CC2)nc1. The molecule has 1 fully saturated rings. The number of fused-ring (bicyclic) bond motifs is 1. The second-order valence-corrected chi connectivity index (χ2v) is 6.46. The monoisotopic (exact) mass is 321 g/mol. The van der Waals surface area contributed by atoms with Gasteiger partial charge in [-0.15, -0.1) is 0 Å². The van der Waals surface area contributed by atoms with Crippen molar-refractivity contribution in [3.05, 3.63) is 55.0 Å². The average molecular weight is 321 g/mol. The van der Waals surface area contributed by atoms with Gasteiger partial charge in [0.2, 0.25) is 0 Å². The summed E-state index contributed by atoms with van der Waals surface area (Å²) in [7, 11) is 4.22. The van der Waals surface area contributed by atoms with Crippen LogP contribution in [0, 0.1) is 0 Å². The molecule has 0 spiro atoms. The molecular formula is C19H23N5. The molecule has 1 aromatic carbocycles. The number of pyridine rings is 1. The van der Waals surface area contributed by atoms with Gasteiger partial charge < -0.3 is 14.7 Å². The Labute approximate surface area is 143 Å². The van der Waals surface area contributed by atoms with Crippen LogP contribution in [0.4, 0.5) is 22.9 Å². The van der Waals surface area contributed by atoms with E-state index in [1.165, 1.54) is 5.69 Å². The second kappa shape index (κ2) is 5.83. The summed E-state index contributed by atoms with van der Waals surface area (Å²) in [6, 6.07) is 12.6. The first-order valence-corrected chi connectivity index (χ1v) is 8.36. The third-order valence-electron chi connectivity index (χ3n) is 4.95. The highest BCUT2D eigenvalue weighted by atomic mass is 15.4. The highest BCUT2D eigenvalue weighted by Crippen LogP contribution is 2.44. The number of nitrogens with zero attached hydrogens (tertiary/aromatic N) is 5. The lowest BCUT2D eigenvalue weighted by Gasteiger charge is -2.33. The Kier molecular flexibility index (Phi) is 3.65. The Morgan fingerprint density at radius 3 is 2.29 bits per heavy atom. The molecule has 24 heavy (non-hydrogen) atoms. The van der Waals surface area contributed by atoms with Crippen LogP contribution in [0.15, 0.2) is 55.0 Å². The van der Waals surface area contributed by atoms with E-state index in [4.69, 9.17) is 4.98 Å². The third kappa shape index (κ3) is 2.41. The van der Waals surface area contributed by atoms with Gasteiger partial charge in [0.05, 0.1) is 23.3 Å². The lowest BCUT2D eigenvalue weighted by molar-refractivity contribution is 0.312. The van der Waals surface area contributed by atoms with Crippen LogP contribution < -0.4 is 14.7 Å². The topological polar surface area (TPSA) is 25.9 Å². The van der Waals surface area contributed by atoms with Crippen LogP contribution in [0.2, 0.25) is 0 Å². The van der Waals surface area contributed by atoms with E-state index >= 15 is 0 Å². The van der Waals surface area contributed by atoms with E-state index in [-0.39, 0.29) is 0 Å². The van der Waals surface area contributed by atoms with Crippen LogP contribution in [0.3, 0.4) is 0 Å². The van der Waals surface area contributed by atoms with Crippen molar-refractivity contribution in [2.75, 3.05) is 55.0 Å². The number of likely N-dealkylation sites (N-methyl/N-ethyl adjacent to an activating group) is 1. The summed E-state index contributed by atoms with van der Waals surface area (Å²) in [5.41, 5.74) is 3.37. The second-order valence-electron chi connectivity index (χ2n) is 6.46. The smallest absolute Gasteiger partial charge is 0.128 e. The lowest BCUT2D eigenvalue weighted by atomic mass is 10.2. The molecule has 0 atom stereocenters. The van der Waals surface area contributed by atoms with Gasteiger partial charge in [-0.2, -0.15) is 0 Å². The Morgan fingerprint density at radius 2 is 1.62 bits per heavy atom. The zero-order chi connectivity index (χ0) is 16.7. The van der Waals surface area contributed by atoms with Crippen molar-refractivity contribution in [1.29, 1.82) is 0 Å². The quantitative estimate of drug-likeness (QED) is 0.847. The Bertz CT molecular complexity index is 747. The van der Waals surface area contributed by atoms with Crippen LogP contribution >= 0.6 is 0 Å². The van der Waals surface area contributed by atoms with Crippen molar-refractivity contribution >= 4 is 22.9 Å². The largest absolute Gasteiger partial charge is 0.354 e. The van der Waals surface area contributed by atoms with E-state index in [0.717, 1.165) is 49.2 Å². The van der Waals surface area contributed by atoms with Crippen molar-refractivity contribution < 1.29 is 0 Å². The molecule has 2 aliphatic heterocycles. The highest BCUT2D eigenvalue weighted by Gasteiger charge is 2.28. The minimum Gasteiger partial charge on any atom is -0.354 e. The van der Waals surface area contributed by atoms with Crippen LogP contribution in [-0.4, -0.2) is 50.2 Å². The van der Waals surface area contributed by atoms with Gasteiger partial charge in [-0.25, -0.2) is 4.98 Å². The summed E-state index contributed by atoms with van der Waals surface area (Å²) in [5.74, 6) is 2.00. The zero-order valence-electron chi connectivity index (χ0n) is 14.3. The predicted octanol–water partition coefficient (Wildman–Crippen LogP) is 2.89. The van der Waals surface area contributed by atoms with E-state index in [2.05, 4.69) is 69.6 Å². The molecule has 0 radical (unpaired) electrons. The number of hydrogen-bond acceptors (Lipinski definition) is 5. The number of benzene rings is 1. The molecule has 0 saturated carbocycles. The van der Waals surface area contributed by atoms with Gasteiger partial charge in [0, 0.05) is 33.2 Å². The lowest BCUT2D eigenvalue weighted by Crippen LogP contribution is -2.44. The fraction of sp³-hybridized carbons (Fsp3) is 0.316. The molecule has 5 nitrogen and oxygen atoms in total. The number of aromatic nitrogens is 1. The molecule has 2 aliphatic rings. The summed E-state index contributed by atoms with van der Waals surface area (Å²) < 4.78 is 0. The normalized spacial score (nSPS) is 18.2. The molecule has 4 rings (SSSR count). The van der Waals surface area contributed by atoms with E-state index in [9.17, 15) is 0 Å². The van der Waals surface area contributed by atoms with Crippen LogP contribution in [0.5, 0.6) is 0 Å². The van der Waals surface area contributed by atoms with E-state index in [1.54, 1.807) is 0 Å². The van der Waals surface area contributed by atoms with Crippen LogP contribution in [0.1, 0.15) is 0 Å². The average Bonchev–Trinajstić information content (AvgIpc) is 2.87. The molecule has 1 aromatic heterocycles. The Morgan fingerprint density at radius 1 is 0.917 bits per heavy atom. The molecule has 124 valence electrons. The number of para-hydroxylation sites is 2. The van der Waals surface area contributed by atoms with E-state index < -0.39 is 0 Å². The number of rotatable bonds is 2. The maximum atomic E-state index is 4.71. The number of anilines is 4. The van der Waals surface area contributed by atoms with Crippen molar-refractivity contribution in [1.82, 2.24) is 9.88 Å². The maximum Gasteiger partial charge on any atom is 0.128 e. The summed E-state index contributed by atoms with van der Waals surface area (Å²) in [6.07, 6.45) is 1.95. The van der Waals surface area contributed by atoms with Crippen molar-refractivity contribution in [2.24, 2.45) is 0 Å². The first kappa shape index (κ1) is 15.0. The Hall–Kier alpha value is -2.53. The van der Waals surface area contributed by atoms with Crippen molar-refractivity contribution in [3.8, 4) is 0 Å². The fourth-order valence-corrected chi connectivity index (χ4v) is 3.39. The van der Waals surface area contributed by atoms with Crippen LogP contribution in [-0.2, 0) is 0 Å². The molecule has 3 heterocycles. The molecular weight excluding hydrogens is 298 g/mol. The van der Waals surface area contributed by atoms with Crippen LogP contribution in [0.25, 0.3) is 0 Å². The Balaban J connectivity index is 1.60. The summed E-state index contributed by atoms with van der Waals surface area (Å²) >= 11 is 0. The zero-order valence-corrected chi connectivity index (χ0v) is 14.3. The minimum absolute atomic E-state index is 0.949. The molecule has 0 bridgehead atoms. The summed E-state index contributed by atoms with van der Waals surface area (Å²) in [5, 5.41) is 0. The van der Waals surface area contributed by atoms with Crippen molar-refractivity contribution in [2.45, 2.75) is 0 Å². The fourth-order valence-electron chi connectivity index (χ4n) is 3.39. The molecule has 0 aliphatic carbocycles. The van der Waals surface area contributed by atoms with Gasteiger partial charge in [0.15, 0.2) is 0 Å². The molecule has 0 N–H and O–H groups in total. The van der Waals surface area contributed by atoms with Gasteiger partial charge in [-0.1, -0.05) is 18.7 Å².